The highest BCUT2D eigenvalue weighted by Gasteiger charge is 2.34. The molecule has 0 saturated heterocycles. The Morgan fingerprint density at radius 3 is 2.27 bits per heavy atom. The zero-order valence-electron chi connectivity index (χ0n) is 24.3. The summed E-state index contributed by atoms with van der Waals surface area (Å²) in [5.41, 5.74) is 2.65. The summed E-state index contributed by atoms with van der Waals surface area (Å²) in [5, 5.41) is 3.26. The van der Waals surface area contributed by atoms with Gasteiger partial charge in [0, 0.05) is 17.6 Å². The third kappa shape index (κ3) is 8.01. The minimum absolute atomic E-state index is 0.0385. The van der Waals surface area contributed by atoms with Crippen molar-refractivity contribution >= 4 is 39.1 Å². The lowest BCUT2D eigenvalue weighted by Gasteiger charge is -2.33. The first-order valence-corrected chi connectivity index (χ1v) is 15.3. The van der Waals surface area contributed by atoms with Crippen molar-refractivity contribution in [3.05, 3.63) is 88.4 Å². The molecule has 1 atom stereocenters. The number of amides is 2. The molecule has 0 heterocycles. The Morgan fingerprint density at radius 2 is 1.68 bits per heavy atom. The molecular weight excluding hydrogens is 562 g/mol. The van der Waals surface area contributed by atoms with Crippen LogP contribution in [0, 0.1) is 13.8 Å². The Morgan fingerprint density at radius 1 is 1.00 bits per heavy atom. The summed E-state index contributed by atoms with van der Waals surface area (Å²) < 4.78 is 34.3. The molecule has 0 aromatic heterocycles. The van der Waals surface area contributed by atoms with Gasteiger partial charge in [0.2, 0.25) is 11.8 Å². The maximum absolute atomic E-state index is 14.1. The number of benzene rings is 3. The smallest absolute Gasteiger partial charge is 0.264 e. The molecule has 3 aromatic rings. The highest BCUT2D eigenvalue weighted by Crippen LogP contribution is 2.29. The Balaban J connectivity index is 2.10. The molecule has 0 fully saturated rings. The van der Waals surface area contributed by atoms with Crippen LogP contribution in [0.2, 0.25) is 5.02 Å². The number of hydrogen-bond donors (Lipinski definition) is 1. The van der Waals surface area contributed by atoms with Gasteiger partial charge in [0.05, 0.1) is 17.7 Å². The first kappa shape index (κ1) is 32.0. The molecule has 0 spiro atoms. The van der Waals surface area contributed by atoms with Gasteiger partial charge in [-0.25, -0.2) is 8.42 Å². The fraction of sp³-hybridized carbons (Fsp3) is 0.355. The highest BCUT2D eigenvalue weighted by atomic mass is 35.5. The summed E-state index contributed by atoms with van der Waals surface area (Å²) in [5.74, 6) is -0.247. The van der Waals surface area contributed by atoms with Crippen molar-refractivity contribution in [1.29, 1.82) is 0 Å². The molecule has 2 amide bonds. The van der Waals surface area contributed by atoms with Crippen LogP contribution in [0.5, 0.6) is 5.75 Å². The second-order valence-electron chi connectivity index (χ2n) is 10.2. The number of rotatable bonds is 12. The van der Waals surface area contributed by atoms with E-state index in [4.69, 9.17) is 16.3 Å². The van der Waals surface area contributed by atoms with Crippen LogP contribution >= 0.6 is 11.6 Å². The minimum Gasteiger partial charge on any atom is -0.497 e. The SMILES string of the molecule is CCC(C(=O)NC(C)C)N(Cc1cccc(OC)c1)C(=O)CN(c1ccc(C)c(Cl)c1)S(=O)(=O)c1ccc(C)cc1. The van der Waals surface area contributed by atoms with E-state index in [9.17, 15) is 18.0 Å². The number of methoxy groups -OCH3 is 1. The number of carbonyl (C=O) groups is 2. The first-order valence-electron chi connectivity index (χ1n) is 13.5. The van der Waals surface area contributed by atoms with E-state index in [-0.39, 0.29) is 29.1 Å². The normalized spacial score (nSPS) is 12.1. The topological polar surface area (TPSA) is 96.0 Å². The van der Waals surface area contributed by atoms with Gasteiger partial charge < -0.3 is 15.0 Å². The molecule has 41 heavy (non-hydrogen) atoms. The summed E-state index contributed by atoms with van der Waals surface area (Å²) >= 11 is 6.39. The van der Waals surface area contributed by atoms with Crippen LogP contribution in [0.1, 0.15) is 43.9 Å². The van der Waals surface area contributed by atoms with E-state index in [1.54, 1.807) is 49.6 Å². The number of aryl methyl sites for hydroxylation is 2. The van der Waals surface area contributed by atoms with Gasteiger partial charge in [-0.05, 0) is 81.6 Å². The lowest BCUT2D eigenvalue weighted by atomic mass is 10.1. The van der Waals surface area contributed by atoms with Crippen molar-refractivity contribution in [2.45, 2.75) is 64.6 Å². The zero-order valence-corrected chi connectivity index (χ0v) is 25.9. The molecule has 0 saturated carbocycles. The Labute approximate surface area is 248 Å². The molecule has 220 valence electrons. The third-order valence-electron chi connectivity index (χ3n) is 6.64. The number of anilines is 1. The largest absolute Gasteiger partial charge is 0.497 e. The lowest BCUT2D eigenvalue weighted by Crippen LogP contribution is -2.53. The van der Waals surface area contributed by atoms with Gasteiger partial charge in [0.25, 0.3) is 10.0 Å². The number of carbonyl (C=O) groups excluding carboxylic acids is 2. The molecule has 0 bridgehead atoms. The van der Waals surface area contributed by atoms with Gasteiger partial charge >= 0.3 is 0 Å². The summed E-state index contributed by atoms with van der Waals surface area (Å²) in [4.78, 5) is 28.9. The van der Waals surface area contributed by atoms with E-state index >= 15 is 0 Å². The second-order valence-corrected chi connectivity index (χ2v) is 12.5. The van der Waals surface area contributed by atoms with Gasteiger partial charge in [0.1, 0.15) is 18.3 Å². The number of hydrogen-bond acceptors (Lipinski definition) is 5. The fourth-order valence-corrected chi connectivity index (χ4v) is 5.95. The van der Waals surface area contributed by atoms with Gasteiger partial charge in [-0.2, -0.15) is 0 Å². The standard InChI is InChI=1S/C31H38ClN3O5S/c1-7-29(31(37)33-21(2)3)34(19-24-9-8-10-26(17-24)40-6)30(36)20-35(25-14-13-23(5)28(32)18-25)41(38,39)27-15-11-22(4)12-16-27/h8-18,21,29H,7,19-20H2,1-6H3,(H,33,37). The molecule has 0 radical (unpaired) electrons. The predicted octanol–water partition coefficient (Wildman–Crippen LogP) is 5.49. The minimum atomic E-state index is -4.18. The number of halogens is 1. The van der Waals surface area contributed by atoms with E-state index in [0.29, 0.717) is 17.2 Å². The van der Waals surface area contributed by atoms with Gasteiger partial charge in [-0.15, -0.1) is 0 Å². The van der Waals surface area contributed by atoms with Crippen molar-refractivity contribution in [1.82, 2.24) is 10.2 Å². The Hall–Kier alpha value is -3.56. The zero-order chi connectivity index (χ0) is 30.3. The average Bonchev–Trinajstić information content (AvgIpc) is 2.93. The fourth-order valence-electron chi connectivity index (χ4n) is 4.37. The van der Waals surface area contributed by atoms with Crippen LogP contribution in [0.3, 0.4) is 0 Å². The van der Waals surface area contributed by atoms with Crippen LogP contribution in [0.4, 0.5) is 5.69 Å². The van der Waals surface area contributed by atoms with Crippen molar-refractivity contribution in [3.8, 4) is 5.75 Å². The molecule has 8 nitrogen and oxygen atoms in total. The summed E-state index contributed by atoms with van der Waals surface area (Å²) in [7, 11) is -2.63. The second kappa shape index (κ2) is 13.9. The van der Waals surface area contributed by atoms with Crippen molar-refractivity contribution < 1.29 is 22.7 Å². The van der Waals surface area contributed by atoms with E-state index in [1.807, 2.05) is 40.7 Å². The van der Waals surface area contributed by atoms with Crippen LogP contribution in [-0.4, -0.2) is 50.9 Å². The quantitative estimate of drug-likeness (QED) is 0.297. The molecule has 0 aliphatic rings. The Kier molecular flexibility index (Phi) is 10.8. The van der Waals surface area contributed by atoms with Crippen molar-refractivity contribution in [3.63, 3.8) is 0 Å². The van der Waals surface area contributed by atoms with Crippen LogP contribution < -0.4 is 14.4 Å². The molecule has 0 aliphatic carbocycles. The number of nitrogens with zero attached hydrogens (tertiary/aromatic N) is 2. The third-order valence-corrected chi connectivity index (χ3v) is 8.83. The molecule has 3 rings (SSSR count). The summed E-state index contributed by atoms with van der Waals surface area (Å²) in [6, 6.07) is 17.5. The van der Waals surface area contributed by atoms with Gasteiger partial charge in [-0.3, -0.25) is 13.9 Å². The predicted molar refractivity (Wildman–Crippen MR) is 163 cm³/mol. The van der Waals surface area contributed by atoms with Crippen LogP contribution in [0.25, 0.3) is 0 Å². The van der Waals surface area contributed by atoms with Gasteiger partial charge in [0.15, 0.2) is 0 Å². The maximum Gasteiger partial charge on any atom is 0.264 e. The van der Waals surface area contributed by atoms with Crippen LogP contribution in [0.15, 0.2) is 71.6 Å². The first-order chi connectivity index (χ1) is 19.4. The Bertz CT molecular complexity index is 1480. The molecule has 3 aromatic carbocycles. The number of nitrogens with one attached hydrogen (secondary N) is 1. The molecular formula is C31H38ClN3O5S. The van der Waals surface area contributed by atoms with E-state index in [0.717, 1.165) is 21.0 Å². The highest BCUT2D eigenvalue weighted by molar-refractivity contribution is 7.92. The summed E-state index contributed by atoms with van der Waals surface area (Å²) in [6.45, 7) is 8.72. The van der Waals surface area contributed by atoms with Gasteiger partial charge in [-0.1, -0.05) is 54.4 Å². The van der Waals surface area contributed by atoms with E-state index in [1.165, 1.54) is 23.1 Å². The summed E-state index contributed by atoms with van der Waals surface area (Å²) in [6.07, 6.45) is 0.329. The lowest BCUT2D eigenvalue weighted by molar-refractivity contribution is -0.140. The van der Waals surface area contributed by atoms with E-state index in [2.05, 4.69) is 5.32 Å². The van der Waals surface area contributed by atoms with Crippen molar-refractivity contribution in [2.24, 2.45) is 0 Å². The van der Waals surface area contributed by atoms with Crippen LogP contribution in [-0.2, 0) is 26.2 Å². The van der Waals surface area contributed by atoms with Crippen molar-refractivity contribution in [2.75, 3.05) is 18.0 Å². The molecule has 0 aliphatic heterocycles. The molecule has 1 N–H and O–H groups in total. The van der Waals surface area contributed by atoms with E-state index < -0.39 is 28.5 Å². The molecule has 10 heteroatoms. The number of sulfonamides is 1. The monoisotopic (exact) mass is 599 g/mol. The average molecular weight is 600 g/mol. The maximum atomic E-state index is 14.1. The molecule has 1 unspecified atom stereocenters. The number of ether oxygens (including phenoxy) is 1.